The number of rotatable bonds is 4. The molecule has 6 heteroatoms. The van der Waals surface area contributed by atoms with Gasteiger partial charge in [0, 0.05) is 31.6 Å². The molecule has 2 aromatic rings. The standard InChI is InChI=1S/C22H26F2N2O2/c1-22(2,3)28-21(27)25-20-14-26(12-15-7-5-4-6-8-15)13-18(20)17-10-9-16(23)11-19(17)24/h4-11,18,20H,12-14H2,1-3H3,(H,25,27). The van der Waals surface area contributed by atoms with Crippen molar-refractivity contribution in [3.8, 4) is 0 Å². The van der Waals surface area contributed by atoms with E-state index in [1.165, 1.54) is 12.1 Å². The molecular weight excluding hydrogens is 362 g/mol. The molecule has 1 aliphatic rings. The Bertz CT molecular complexity index is 821. The second kappa shape index (κ2) is 8.27. The molecule has 1 fully saturated rings. The number of nitrogens with one attached hydrogen (secondary N) is 1. The highest BCUT2D eigenvalue weighted by molar-refractivity contribution is 5.68. The first kappa shape index (κ1) is 20.3. The van der Waals surface area contributed by atoms with Crippen LogP contribution in [0.1, 0.15) is 37.8 Å². The maximum atomic E-state index is 14.4. The molecule has 1 amide bonds. The van der Waals surface area contributed by atoms with Crippen LogP contribution in [-0.2, 0) is 11.3 Å². The highest BCUT2D eigenvalue weighted by atomic mass is 19.1. The lowest BCUT2D eigenvalue weighted by Crippen LogP contribution is -2.42. The minimum Gasteiger partial charge on any atom is -0.444 e. The van der Waals surface area contributed by atoms with Gasteiger partial charge in [-0.05, 0) is 38.0 Å². The third-order valence-electron chi connectivity index (χ3n) is 4.71. The van der Waals surface area contributed by atoms with Gasteiger partial charge < -0.3 is 10.1 Å². The van der Waals surface area contributed by atoms with Crippen molar-refractivity contribution >= 4 is 6.09 Å². The van der Waals surface area contributed by atoms with Crippen molar-refractivity contribution in [3.05, 3.63) is 71.3 Å². The van der Waals surface area contributed by atoms with Gasteiger partial charge in [-0.2, -0.15) is 0 Å². The van der Waals surface area contributed by atoms with Gasteiger partial charge in [0.25, 0.3) is 0 Å². The quantitative estimate of drug-likeness (QED) is 0.841. The van der Waals surface area contributed by atoms with Gasteiger partial charge in [-0.1, -0.05) is 36.4 Å². The molecule has 3 rings (SSSR count). The lowest BCUT2D eigenvalue weighted by atomic mass is 9.94. The predicted octanol–water partition coefficient (Wildman–Crippen LogP) is 4.46. The van der Waals surface area contributed by atoms with Crippen molar-refractivity contribution in [1.29, 1.82) is 0 Å². The number of halogens is 2. The van der Waals surface area contributed by atoms with E-state index >= 15 is 0 Å². The van der Waals surface area contributed by atoms with Crippen molar-refractivity contribution in [3.63, 3.8) is 0 Å². The smallest absolute Gasteiger partial charge is 0.407 e. The maximum Gasteiger partial charge on any atom is 0.407 e. The fourth-order valence-corrected chi connectivity index (χ4v) is 3.58. The van der Waals surface area contributed by atoms with Crippen molar-refractivity contribution in [2.45, 2.75) is 44.9 Å². The summed E-state index contributed by atoms with van der Waals surface area (Å²) in [6.07, 6.45) is -0.536. The Hall–Kier alpha value is -2.47. The second-order valence-corrected chi connectivity index (χ2v) is 8.20. The van der Waals surface area contributed by atoms with Crippen LogP contribution in [0.25, 0.3) is 0 Å². The molecule has 0 bridgehead atoms. The molecule has 2 unspecified atom stereocenters. The fourth-order valence-electron chi connectivity index (χ4n) is 3.58. The van der Waals surface area contributed by atoms with Gasteiger partial charge in [-0.3, -0.25) is 4.90 Å². The molecule has 0 aromatic heterocycles. The zero-order valence-electron chi connectivity index (χ0n) is 16.4. The highest BCUT2D eigenvalue weighted by Crippen LogP contribution is 2.31. The van der Waals surface area contributed by atoms with E-state index < -0.39 is 23.3 Å². The molecular formula is C22H26F2N2O2. The average molecular weight is 388 g/mol. The molecule has 0 saturated carbocycles. The largest absolute Gasteiger partial charge is 0.444 e. The lowest BCUT2D eigenvalue weighted by molar-refractivity contribution is 0.0502. The summed E-state index contributed by atoms with van der Waals surface area (Å²) in [5.41, 5.74) is 0.917. The van der Waals surface area contributed by atoms with Gasteiger partial charge in [-0.15, -0.1) is 0 Å². The molecule has 1 N–H and O–H groups in total. The van der Waals surface area contributed by atoms with Crippen LogP contribution in [0.15, 0.2) is 48.5 Å². The summed E-state index contributed by atoms with van der Waals surface area (Å²) in [5.74, 6) is -1.50. The summed E-state index contributed by atoms with van der Waals surface area (Å²) in [7, 11) is 0. The number of likely N-dealkylation sites (tertiary alicyclic amines) is 1. The van der Waals surface area contributed by atoms with Crippen LogP contribution in [0.2, 0.25) is 0 Å². The Morgan fingerprint density at radius 1 is 1.14 bits per heavy atom. The molecule has 150 valence electrons. The topological polar surface area (TPSA) is 41.6 Å². The summed E-state index contributed by atoms with van der Waals surface area (Å²) in [4.78, 5) is 14.4. The summed E-state index contributed by atoms with van der Waals surface area (Å²) in [6.45, 7) is 7.17. The van der Waals surface area contributed by atoms with Crippen LogP contribution in [0, 0.1) is 11.6 Å². The number of carbonyl (C=O) groups is 1. The van der Waals surface area contributed by atoms with E-state index in [0.29, 0.717) is 25.2 Å². The predicted molar refractivity (Wildman–Crippen MR) is 104 cm³/mol. The van der Waals surface area contributed by atoms with E-state index in [2.05, 4.69) is 10.2 Å². The first-order valence-corrected chi connectivity index (χ1v) is 9.42. The number of carbonyl (C=O) groups excluding carboxylic acids is 1. The van der Waals surface area contributed by atoms with Crippen molar-refractivity contribution in [2.24, 2.45) is 0 Å². The van der Waals surface area contributed by atoms with Crippen LogP contribution < -0.4 is 5.32 Å². The van der Waals surface area contributed by atoms with E-state index in [-0.39, 0.29) is 12.0 Å². The minimum absolute atomic E-state index is 0.295. The molecule has 28 heavy (non-hydrogen) atoms. The van der Waals surface area contributed by atoms with E-state index in [4.69, 9.17) is 4.74 Å². The summed E-state index contributed by atoms with van der Waals surface area (Å²) in [5, 5.41) is 2.88. The highest BCUT2D eigenvalue weighted by Gasteiger charge is 2.37. The van der Waals surface area contributed by atoms with Gasteiger partial charge in [0.1, 0.15) is 17.2 Å². The van der Waals surface area contributed by atoms with Gasteiger partial charge >= 0.3 is 6.09 Å². The molecule has 4 nitrogen and oxygen atoms in total. The first-order valence-electron chi connectivity index (χ1n) is 9.42. The molecule has 0 aliphatic carbocycles. The number of benzene rings is 2. The monoisotopic (exact) mass is 388 g/mol. The number of amides is 1. The molecule has 1 saturated heterocycles. The summed E-state index contributed by atoms with van der Waals surface area (Å²) >= 11 is 0. The molecule has 1 heterocycles. The van der Waals surface area contributed by atoms with E-state index in [1.807, 2.05) is 30.3 Å². The zero-order valence-corrected chi connectivity index (χ0v) is 16.4. The number of ether oxygens (including phenoxy) is 1. The number of hydrogen-bond acceptors (Lipinski definition) is 3. The van der Waals surface area contributed by atoms with Gasteiger partial charge in [-0.25, -0.2) is 13.6 Å². The van der Waals surface area contributed by atoms with Crippen molar-refractivity contribution < 1.29 is 18.3 Å². The van der Waals surface area contributed by atoms with Crippen molar-refractivity contribution in [1.82, 2.24) is 10.2 Å². The molecule has 2 aromatic carbocycles. The van der Waals surface area contributed by atoms with Crippen LogP contribution in [0.3, 0.4) is 0 Å². The first-order chi connectivity index (χ1) is 13.2. The van der Waals surface area contributed by atoms with Crippen LogP contribution in [-0.4, -0.2) is 35.7 Å². The minimum atomic E-state index is -0.622. The van der Waals surface area contributed by atoms with Crippen molar-refractivity contribution in [2.75, 3.05) is 13.1 Å². The van der Waals surface area contributed by atoms with Gasteiger partial charge in [0.05, 0.1) is 6.04 Å². The van der Waals surface area contributed by atoms with Crippen LogP contribution >= 0.6 is 0 Å². The Labute approximate surface area is 164 Å². The molecule has 0 radical (unpaired) electrons. The van der Waals surface area contributed by atoms with Gasteiger partial charge in [0.15, 0.2) is 0 Å². The molecule has 0 spiro atoms. The summed E-state index contributed by atoms with van der Waals surface area (Å²) in [6, 6.07) is 13.2. The van der Waals surface area contributed by atoms with E-state index in [1.54, 1.807) is 20.8 Å². The molecule has 2 atom stereocenters. The Morgan fingerprint density at radius 2 is 1.86 bits per heavy atom. The summed E-state index contributed by atoms with van der Waals surface area (Å²) < 4.78 is 33.2. The number of nitrogens with zero attached hydrogens (tertiary/aromatic N) is 1. The Kier molecular flexibility index (Phi) is 5.98. The van der Waals surface area contributed by atoms with Crippen LogP contribution in [0.4, 0.5) is 13.6 Å². The fraction of sp³-hybridized carbons (Fsp3) is 0.409. The third kappa shape index (κ3) is 5.29. The Morgan fingerprint density at radius 3 is 2.50 bits per heavy atom. The number of hydrogen-bond donors (Lipinski definition) is 1. The van der Waals surface area contributed by atoms with E-state index in [9.17, 15) is 13.6 Å². The second-order valence-electron chi connectivity index (χ2n) is 8.20. The normalized spacial score (nSPS) is 20.2. The van der Waals surface area contributed by atoms with Gasteiger partial charge in [0.2, 0.25) is 0 Å². The number of alkyl carbamates (subject to hydrolysis) is 1. The lowest BCUT2D eigenvalue weighted by Gasteiger charge is -2.24. The third-order valence-corrected chi connectivity index (χ3v) is 4.71. The molecule has 1 aliphatic heterocycles. The maximum absolute atomic E-state index is 14.4. The van der Waals surface area contributed by atoms with E-state index in [0.717, 1.165) is 11.6 Å². The zero-order chi connectivity index (χ0) is 20.3. The SMILES string of the molecule is CC(C)(C)OC(=O)NC1CN(Cc2ccccc2)CC1c1ccc(F)cc1F. The van der Waals surface area contributed by atoms with Crippen LogP contribution in [0.5, 0.6) is 0 Å². The Balaban J connectivity index is 1.79. The average Bonchev–Trinajstić information content (AvgIpc) is 2.96.